The molecule has 0 bridgehead atoms. The number of pyridine rings is 1. The zero-order valence-corrected chi connectivity index (χ0v) is 13.2. The van der Waals surface area contributed by atoms with Gasteiger partial charge in [-0.25, -0.2) is 0 Å². The van der Waals surface area contributed by atoms with Gasteiger partial charge in [-0.05, 0) is 39.4 Å². The highest BCUT2D eigenvalue weighted by Gasteiger charge is 2.43. The van der Waals surface area contributed by atoms with E-state index in [1.54, 1.807) is 6.07 Å². The van der Waals surface area contributed by atoms with Gasteiger partial charge in [-0.2, -0.15) is 13.2 Å². The first-order valence-corrected chi connectivity index (χ1v) is 7.93. The van der Waals surface area contributed by atoms with Crippen molar-refractivity contribution in [1.29, 1.82) is 0 Å². The standard InChI is InChI=1S/C20H15F3N2/c21-20(22,23)18(13-5-3-9-25-11-13)16-8-7-15-14-6-2-1-4-12(14)10-17(15)19(16)24/h1-9,11,18H,10,24H2/t18-/m1/s1. The summed E-state index contributed by atoms with van der Waals surface area (Å²) in [7, 11) is 0. The van der Waals surface area contributed by atoms with Crippen molar-refractivity contribution in [2.45, 2.75) is 18.5 Å². The number of hydrogen-bond donors (Lipinski definition) is 1. The average Bonchev–Trinajstić information content (AvgIpc) is 2.97. The fourth-order valence-electron chi connectivity index (χ4n) is 3.60. The van der Waals surface area contributed by atoms with Crippen LogP contribution in [0.15, 0.2) is 60.9 Å². The van der Waals surface area contributed by atoms with Gasteiger partial charge in [0, 0.05) is 24.5 Å². The zero-order valence-electron chi connectivity index (χ0n) is 13.2. The number of rotatable bonds is 2. The first-order valence-electron chi connectivity index (χ1n) is 7.93. The molecule has 25 heavy (non-hydrogen) atoms. The summed E-state index contributed by atoms with van der Waals surface area (Å²) >= 11 is 0. The molecule has 0 aliphatic heterocycles. The van der Waals surface area contributed by atoms with E-state index in [9.17, 15) is 13.2 Å². The summed E-state index contributed by atoms with van der Waals surface area (Å²) in [6.07, 6.45) is -1.18. The Kier molecular flexibility index (Phi) is 3.53. The number of fused-ring (bicyclic) bond motifs is 3. The number of halogens is 3. The van der Waals surface area contributed by atoms with Gasteiger partial charge >= 0.3 is 6.18 Å². The molecule has 126 valence electrons. The highest BCUT2D eigenvalue weighted by atomic mass is 19.4. The second kappa shape index (κ2) is 5.62. The fraction of sp³-hybridized carbons (Fsp3) is 0.150. The SMILES string of the molecule is Nc1c([C@@H](c2cccnc2)C(F)(F)F)ccc2c1Cc1ccccc1-2. The molecule has 1 heterocycles. The van der Waals surface area contributed by atoms with Gasteiger partial charge in [0.25, 0.3) is 0 Å². The lowest BCUT2D eigenvalue weighted by molar-refractivity contribution is -0.141. The Hall–Kier alpha value is -2.82. The predicted molar refractivity (Wildman–Crippen MR) is 91.2 cm³/mol. The van der Waals surface area contributed by atoms with E-state index in [-0.39, 0.29) is 16.8 Å². The van der Waals surface area contributed by atoms with Crippen LogP contribution in [-0.2, 0) is 6.42 Å². The topological polar surface area (TPSA) is 38.9 Å². The molecule has 1 aromatic heterocycles. The molecule has 0 radical (unpaired) electrons. The minimum absolute atomic E-state index is 0.0899. The average molecular weight is 340 g/mol. The van der Waals surface area contributed by atoms with Crippen molar-refractivity contribution in [3.8, 4) is 11.1 Å². The Morgan fingerprint density at radius 2 is 1.76 bits per heavy atom. The number of nitrogens with two attached hydrogens (primary N) is 1. The summed E-state index contributed by atoms with van der Waals surface area (Å²) in [5, 5.41) is 0. The third-order valence-electron chi connectivity index (χ3n) is 4.72. The third kappa shape index (κ3) is 2.56. The molecule has 0 unspecified atom stereocenters. The van der Waals surface area contributed by atoms with Crippen LogP contribution < -0.4 is 5.73 Å². The number of aromatic nitrogens is 1. The van der Waals surface area contributed by atoms with E-state index >= 15 is 0 Å². The molecule has 0 spiro atoms. The highest BCUT2D eigenvalue weighted by Crippen LogP contribution is 2.47. The summed E-state index contributed by atoms with van der Waals surface area (Å²) in [4.78, 5) is 3.84. The normalized spacial score (nSPS) is 14.0. The Morgan fingerprint density at radius 1 is 0.960 bits per heavy atom. The molecular weight excluding hydrogens is 325 g/mol. The molecule has 5 heteroatoms. The van der Waals surface area contributed by atoms with Gasteiger partial charge in [-0.15, -0.1) is 0 Å². The van der Waals surface area contributed by atoms with Crippen molar-refractivity contribution in [1.82, 2.24) is 4.98 Å². The van der Waals surface area contributed by atoms with Gasteiger partial charge in [0.1, 0.15) is 5.92 Å². The van der Waals surface area contributed by atoms with Crippen LogP contribution in [0.1, 0.15) is 28.2 Å². The summed E-state index contributed by atoms with van der Waals surface area (Å²) < 4.78 is 41.4. The smallest absolute Gasteiger partial charge is 0.398 e. The summed E-state index contributed by atoms with van der Waals surface area (Å²) in [5.41, 5.74) is 10.5. The quantitative estimate of drug-likeness (QED) is 0.526. The molecule has 1 atom stereocenters. The maximum Gasteiger partial charge on any atom is 0.399 e. The van der Waals surface area contributed by atoms with E-state index in [2.05, 4.69) is 4.98 Å². The summed E-state index contributed by atoms with van der Waals surface area (Å²) in [6, 6.07) is 14.0. The van der Waals surface area contributed by atoms with Gasteiger partial charge in [-0.1, -0.05) is 42.5 Å². The Bertz CT molecular complexity index is 933. The van der Waals surface area contributed by atoms with E-state index in [0.29, 0.717) is 6.42 Å². The van der Waals surface area contributed by atoms with E-state index in [1.807, 2.05) is 24.3 Å². The van der Waals surface area contributed by atoms with Crippen molar-refractivity contribution < 1.29 is 13.2 Å². The molecular formula is C20H15F3N2. The second-order valence-corrected chi connectivity index (χ2v) is 6.19. The minimum atomic E-state index is -4.45. The largest absolute Gasteiger partial charge is 0.399 e. The van der Waals surface area contributed by atoms with Crippen LogP contribution in [0.25, 0.3) is 11.1 Å². The van der Waals surface area contributed by atoms with Crippen LogP contribution in [0.3, 0.4) is 0 Å². The number of benzene rings is 2. The lowest BCUT2D eigenvalue weighted by Crippen LogP contribution is -2.23. The number of nitrogens with zero attached hydrogens (tertiary/aromatic N) is 1. The lowest BCUT2D eigenvalue weighted by atomic mass is 9.87. The first-order chi connectivity index (χ1) is 12.0. The molecule has 4 rings (SSSR count). The number of alkyl halides is 3. The van der Waals surface area contributed by atoms with E-state index in [4.69, 9.17) is 5.73 Å². The molecule has 2 N–H and O–H groups in total. The molecule has 1 aliphatic rings. The van der Waals surface area contributed by atoms with Gasteiger partial charge in [0.15, 0.2) is 0 Å². The van der Waals surface area contributed by atoms with Crippen LogP contribution in [0, 0.1) is 0 Å². The van der Waals surface area contributed by atoms with Crippen molar-refractivity contribution >= 4 is 5.69 Å². The maximum atomic E-state index is 13.8. The molecule has 3 aromatic rings. The maximum absolute atomic E-state index is 13.8. The van der Waals surface area contributed by atoms with Gasteiger partial charge < -0.3 is 5.73 Å². The Labute approximate surface area is 143 Å². The van der Waals surface area contributed by atoms with Crippen LogP contribution >= 0.6 is 0 Å². The molecule has 1 aliphatic carbocycles. The van der Waals surface area contributed by atoms with Crippen LogP contribution in [0.2, 0.25) is 0 Å². The molecule has 0 amide bonds. The number of nitrogen functional groups attached to an aromatic ring is 1. The van der Waals surface area contributed by atoms with Gasteiger partial charge in [0.05, 0.1) is 0 Å². The lowest BCUT2D eigenvalue weighted by Gasteiger charge is -2.23. The molecule has 0 fully saturated rings. The monoisotopic (exact) mass is 340 g/mol. The first kappa shape index (κ1) is 15.7. The molecule has 0 saturated heterocycles. The Morgan fingerprint density at radius 3 is 2.48 bits per heavy atom. The van der Waals surface area contributed by atoms with Gasteiger partial charge in [0.2, 0.25) is 0 Å². The number of anilines is 1. The van der Waals surface area contributed by atoms with Crippen LogP contribution in [-0.4, -0.2) is 11.2 Å². The zero-order chi connectivity index (χ0) is 17.6. The Balaban J connectivity index is 1.87. The molecule has 0 saturated carbocycles. The minimum Gasteiger partial charge on any atom is -0.398 e. The molecule has 2 aromatic carbocycles. The second-order valence-electron chi connectivity index (χ2n) is 6.19. The van der Waals surface area contributed by atoms with Crippen molar-refractivity contribution in [2.24, 2.45) is 0 Å². The van der Waals surface area contributed by atoms with Crippen molar-refractivity contribution in [3.05, 3.63) is 83.2 Å². The van der Waals surface area contributed by atoms with Gasteiger partial charge in [-0.3, -0.25) is 4.98 Å². The van der Waals surface area contributed by atoms with Crippen LogP contribution in [0.5, 0.6) is 0 Å². The third-order valence-corrected chi connectivity index (χ3v) is 4.72. The highest BCUT2D eigenvalue weighted by molar-refractivity contribution is 5.83. The van der Waals surface area contributed by atoms with Crippen molar-refractivity contribution in [3.63, 3.8) is 0 Å². The molecule has 2 nitrogen and oxygen atoms in total. The van der Waals surface area contributed by atoms with Crippen molar-refractivity contribution in [2.75, 3.05) is 5.73 Å². The predicted octanol–water partition coefficient (Wildman–Crippen LogP) is 4.93. The van der Waals surface area contributed by atoms with E-state index < -0.39 is 12.1 Å². The van der Waals surface area contributed by atoms with E-state index in [0.717, 1.165) is 22.3 Å². The van der Waals surface area contributed by atoms with Crippen LogP contribution in [0.4, 0.5) is 18.9 Å². The summed E-state index contributed by atoms with van der Waals surface area (Å²) in [5.74, 6) is -1.78. The van der Waals surface area contributed by atoms with E-state index in [1.165, 1.54) is 30.6 Å². The number of hydrogen-bond acceptors (Lipinski definition) is 2. The fourth-order valence-corrected chi connectivity index (χ4v) is 3.60. The summed E-state index contributed by atoms with van der Waals surface area (Å²) in [6.45, 7) is 0.